The zero-order valence-corrected chi connectivity index (χ0v) is 9.79. The van der Waals surface area contributed by atoms with E-state index in [1.165, 1.54) is 0 Å². The molecule has 0 saturated heterocycles. The van der Waals surface area contributed by atoms with Crippen molar-refractivity contribution < 1.29 is 4.74 Å². The summed E-state index contributed by atoms with van der Waals surface area (Å²) in [5, 5.41) is 0. The molecule has 0 heterocycles. The summed E-state index contributed by atoms with van der Waals surface area (Å²) in [6.07, 6.45) is 9.88. The van der Waals surface area contributed by atoms with Crippen LogP contribution in [0.2, 0.25) is 0 Å². The van der Waals surface area contributed by atoms with Crippen LogP contribution in [-0.4, -0.2) is 19.0 Å². The molecule has 0 aromatic heterocycles. The monoisotopic (exact) mass is 208 g/mol. The number of methoxy groups -OCH3 is 1. The molecule has 0 aliphatic heterocycles. The summed E-state index contributed by atoms with van der Waals surface area (Å²) in [4.78, 5) is 4.36. The average Bonchev–Trinajstić information content (AvgIpc) is 2.23. The van der Waals surface area contributed by atoms with Crippen LogP contribution in [0.15, 0.2) is 16.8 Å². The van der Waals surface area contributed by atoms with Crippen LogP contribution >= 0.6 is 0 Å². The van der Waals surface area contributed by atoms with Crippen LogP contribution in [0.5, 0.6) is 0 Å². The Balaban J connectivity index is 4.36. The minimum absolute atomic E-state index is 0.0909. The summed E-state index contributed by atoms with van der Waals surface area (Å²) in [5.41, 5.74) is 6.68. The number of hydrogen-bond acceptors (Lipinski definition) is 3. The lowest BCUT2D eigenvalue weighted by Gasteiger charge is -2.10. The molecule has 0 aliphatic carbocycles. The van der Waals surface area contributed by atoms with E-state index < -0.39 is 0 Å². The van der Waals surface area contributed by atoms with Gasteiger partial charge in [-0.3, -0.25) is 4.99 Å². The molecule has 1 atom stereocenters. The number of unbranched alkanes of at least 4 members (excludes halogenated alkanes) is 1. The Labute approximate surface area is 92.4 Å². The molecule has 2 N–H and O–H groups in total. The van der Waals surface area contributed by atoms with Gasteiger partial charge in [-0.05, 0) is 25.8 Å². The molecule has 0 aromatic rings. The summed E-state index contributed by atoms with van der Waals surface area (Å²) in [7, 11) is 1.66. The van der Waals surface area contributed by atoms with Crippen LogP contribution in [0.25, 0.3) is 0 Å². The molecule has 84 valence electrons. The summed E-state index contributed by atoms with van der Waals surface area (Å²) in [6, 6.07) is 0. The zero-order chi connectivity index (χ0) is 11.7. The number of terminal acetylenes is 1. The number of hydrogen-bond donors (Lipinski definition) is 1. The van der Waals surface area contributed by atoms with Crippen LogP contribution in [0, 0.1) is 12.3 Å². The third-order valence-electron chi connectivity index (χ3n) is 1.96. The van der Waals surface area contributed by atoms with Crippen LogP contribution < -0.4 is 5.73 Å². The van der Waals surface area contributed by atoms with Gasteiger partial charge in [0.05, 0.1) is 5.70 Å². The number of nitrogens with two attached hydrogens (primary N) is 1. The second-order valence-electron chi connectivity index (χ2n) is 3.35. The molecule has 0 radical (unpaired) electrons. The minimum atomic E-state index is -0.0909. The largest absolute Gasteiger partial charge is 0.392 e. The Hall–Kier alpha value is -1.27. The Morgan fingerprint density at radius 3 is 2.80 bits per heavy atom. The highest BCUT2D eigenvalue weighted by Crippen LogP contribution is 2.06. The molecule has 3 nitrogen and oxygen atoms in total. The average molecular weight is 208 g/mol. The predicted molar refractivity (Wildman–Crippen MR) is 64.5 cm³/mol. The molecule has 1 unspecified atom stereocenters. The van der Waals surface area contributed by atoms with Gasteiger partial charge >= 0.3 is 0 Å². The van der Waals surface area contributed by atoms with Gasteiger partial charge in [-0.15, -0.1) is 6.42 Å². The van der Waals surface area contributed by atoms with E-state index in [4.69, 9.17) is 16.9 Å². The first kappa shape index (κ1) is 13.7. The summed E-state index contributed by atoms with van der Waals surface area (Å²) < 4.78 is 5.23. The second-order valence-corrected chi connectivity index (χ2v) is 3.35. The molecular weight excluding hydrogens is 188 g/mol. The van der Waals surface area contributed by atoms with E-state index in [1.54, 1.807) is 13.2 Å². The SMILES string of the molecule is C#C/C(N)=C/C(C)=N/C(CCCC)OC. The van der Waals surface area contributed by atoms with Crippen molar-refractivity contribution in [3.05, 3.63) is 11.8 Å². The van der Waals surface area contributed by atoms with Gasteiger partial charge < -0.3 is 10.5 Å². The third-order valence-corrected chi connectivity index (χ3v) is 1.96. The van der Waals surface area contributed by atoms with Gasteiger partial charge in [-0.25, -0.2) is 0 Å². The van der Waals surface area contributed by atoms with Crippen molar-refractivity contribution in [3.63, 3.8) is 0 Å². The maximum absolute atomic E-state index is 5.49. The Bertz CT molecular complexity index is 274. The van der Waals surface area contributed by atoms with E-state index in [2.05, 4.69) is 17.8 Å². The molecule has 0 saturated carbocycles. The highest BCUT2D eigenvalue weighted by molar-refractivity contribution is 5.93. The number of ether oxygens (including phenoxy) is 1. The molecule has 3 heteroatoms. The van der Waals surface area contributed by atoms with Gasteiger partial charge in [0.15, 0.2) is 0 Å². The summed E-state index contributed by atoms with van der Waals surface area (Å²) >= 11 is 0. The molecule has 0 aromatic carbocycles. The number of nitrogens with zero attached hydrogens (tertiary/aromatic N) is 1. The van der Waals surface area contributed by atoms with Crippen LogP contribution in [-0.2, 0) is 4.74 Å². The predicted octanol–water partition coefficient (Wildman–Crippen LogP) is 2.09. The molecule has 0 bridgehead atoms. The first-order valence-corrected chi connectivity index (χ1v) is 5.15. The lowest BCUT2D eigenvalue weighted by Crippen LogP contribution is -2.10. The van der Waals surface area contributed by atoms with Crippen LogP contribution in [0.1, 0.15) is 33.1 Å². The lowest BCUT2D eigenvalue weighted by atomic mass is 10.2. The molecule has 0 spiro atoms. The Morgan fingerprint density at radius 1 is 1.67 bits per heavy atom. The fraction of sp³-hybridized carbons (Fsp3) is 0.583. The summed E-state index contributed by atoms with van der Waals surface area (Å²) in [5.74, 6) is 2.35. The van der Waals surface area contributed by atoms with E-state index in [9.17, 15) is 0 Å². The lowest BCUT2D eigenvalue weighted by molar-refractivity contribution is 0.101. The van der Waals surface area contributed by atoms with Crippen molar-refractivity contribution >= 4 is 5.71 Å². The van der Waals surface area contributed by atoms with Crippen molar-refractivity contribution in [1.29, 1.82) is 0 Å². The summed E-state index contributed by atoms with van der Waals surface area (Å²) in [6.45, 7) is 4.00. The standard InChI is InChI=1S/C12H20N2O/c1-5-7-8-12(15-4)14-10(3)9-11(13)6-2/h2,9,12H,5,7-8,13H2,1,3-4H3/b11-9-,14-10+. The van der Waals surface area contributed by atoms with Gasteiger partial charge in [-0.2, -0.15) is 0 Å². The fourth-order valence-electron chi connectivity index (χ4n) is 1.14. The maximum Gasteiger partial charge on any atom is 0.148 e. The van der Waals surface area contributed by atoms with E-state index >= 15 is 0 Å². The molecule has 0 amide bonds. The quantitative estimate of drug-likeness (QED) is 0.536. The van der Waals surface area contributed by atoms with Gasteiger partial charge in [0.1, 0.15) is 6.23 Å². The zero-order valence-electron chi connectivity index (χ0n) is 9.79. The van der Waals surface area contributed by atoms with E-state index in [-0.39, 0.29) is 6.23 Å². The third kappa shape index (κ3) is 6.75. The Kier molecular flexibility index (Phi) is 7.39. The van der Waals surface area contributed by atoms with Crippen molar-refractivity contribution in [2.75, 3.05) is 7.11 Å². The molecule has 0 fully saturated rings. The van der Waals surface area contributed by atoms with Crippen molar-refractivity contribution in [1.82, 2.24) is 0 Å². The second kappa shape index (κ2) is 8.07. The highest BCUT2D eigenvalue weighted by Gasteiger charge is 2.03. The molecular formula is C12H20N2O. The molecule has 0 aliphatic rings. The Morgan fingerprint density at radius 2 is 2.33 bits per heavy atom. The maximum atomic E-state index is 5.49. The number of rotatable bonds is 6. The van der Waals surface area contributed by atoms with Gasteiger partial charge in [0.25, 0.3) is 0 Å². The van der Waals surface area contributed by atoms with Gasteiger partial charge in [0, 0.05) is 12.8 Å². The number of allylic oxidation sites excluding steroid dienone is 2. The first-order valence-electron chi connectivity index (χ1n) is 5.15. The van der Waals surface area contributed by atoms with Crippen LogP contribution in [0.4, 0.5) is 0 Å². The fourth-order valence-corrected chi connectivity index (χ4v) is 1.14. The van der Waals surface area contributed by atoms with E-state index in [1.807, 2.05) is 6.92 Å². The van der Waals surface area contributed by atoms with Crippen molar-refractivity contribution in [2.24, 2.45) is 10.7 Å². The van der Waals surface area contributed by atoms with Crippen LogP contribution in [0.3, 0.4) is 0 Å². The number of aliphatic imine (C=N–C) groups is 1. The topological polar surface area (TPSA) is 47.6 Å². The molecule has 15 heavy (non-hydrogen) atoms. The minimum Gasteiger partial charge on any atom is -0.392 e. The highest BCUT2D eigenvalue weighted by atomic mass is 16.5. The normalized spacial score (nSPS) is 14.8. The van der Waals surface area contributed by atoms with E-state index in [0.29, 0.717) is 5.70 Å². The van der Waals surface area contributed by atoms with Crippen molar-refractivity contribution in [2.45, 2.75) is 39.3 Å². The van der Waals surface area contributed by atoms with Gasteiger partial charge in [0.2, 0.25) is 0 Å². The van der Waals surface area contributed by atoms with Crippen molar-refractivity contribution in [3.8, 4) is 12.3 Å². The molecule has 0 rings (SSSR count). The van der Waals surface area contributed by atoms with E-state index in [0.717, 1.165) is 25.0 Å². The smallest absolute Gasteiger partial charge is 0.148 e. The van der Waals surface area contributed by atoms with Gasteiger partial charge in [-0.1, -0.05) is 19.3 Å². The first-order chi connectivity index (χ1) is 7.13.